The molecule has 8 rings (SSSR count). The lowest BCUT2D eigenvalue weighted by molar-refractivity contribution is 0.565. The third kappa shape index (κ3) is 3.57. The van der Waals surface area contributed by atoms with Crippen molar-refractivity contribution in [2.24, 2.45) is 0 Å². The summed E-state index contributed by atoms with van der Waals surface area (Å²) >= 11 is 0. The third-order valence-electron chi connectivity index (χ3n) is 8.91. The Kier molecular flexibility index (Phi) is 5.20. The molecule has 1 atom stereocenters. The highest BCUT2D eigenvalue weighted by atomic mass is 15.5. The fourth-order valence-corrected chi connectivity index (χ4v) is 6.57. The predicted molar refractivity (Wildman–Crippen MR) is 167 cm³/mol. The van der Waals surface area contributed by atoms with Crippen molar-refractivity contribution in [1.82, 2.24) is 20.0 Å². The average Bonchev–Trinajstić information content (AvgIpc) is 3.59. The second kappa shape index (κ2) is 8.97. The van der Waals surface area contributed by atoms with Crippen LogP contribution < -0.4 is 0 Å². The van der Waals surface area contributed by atoms with Crippen LogP contribution in [0.2, 0.25) is 0 Å². The molecule has 0 aliphatic heterocycles. The summed E-state index contributed by atoms with van der Waals surface area (Å²) in [4.78, 5) is 6.04. The maximum absolute atomic E-state index is 4.99. The highest BCUT2D eigenvalue weighted by Crippen LogP contribution is 2.51. The quantitative estimate of drug-likeness (QED) is 0.229. The Morgan fingerprint density at radius 2 is 1.44 bits per heavy atom. The number of pyridine rings is 1. The lowest BCUT2D eigenvalue weighted by Crippen LogP contribution is -2.19. The summed E-state index contributed by atoms with van der Waals surface area (Å²) in [5.74, 6) is 0. The largest absolute Gasteiger partial charge is 0.264 e. The smallest absolute Gasteiger partial charge is 0.121 e. The zero-order valence-electron chi connectivity index (χ0n) is 23.0. The number of benzene rings is 5. The number of rotatable bonds is 4. The second-order valence-electron chi connectivity index (χ2n) is 11.1. The van der Waals surface area contributed by atoms with Gasteiger partial charge < -0.3 is 0 Å². The van der Waals surface area contributed by atoms with Crippen LogP contribution in [-0.2, 0) is 5.41 Å². The van der Waals surface area contributed by atoms with Crippen LogP contribution in [0.3, 0.4) is 0 Å². The van der Waals surface area contributed by atoms with Crippen molar-refractivity contribution in [3.05, 3.63) is 133 Å². The van der Waals surface area contributed by atoms with Gasteiger partial charge in [0.2, 0.25) is 0 Å². The first kappa shape index (κ1) is 23.8. The van der Waals surface area contributed by atoms with Crippen LogP contribution >= 0.6 is 0 Å². The van der Waals surface area contributed by atoms with Crippen molar-refractivity contribution in [3.63, 3.8) is 0 Å². The molecule has 0 saturated heterocycles. The monoisotopic (exact) mass is 528 g/mol. The summed E-state index contributed by atoms with van der Waals surface area (Å²) in [6, 6.07) is 38.9. The first-order valence-electron chi connectivity index (χ1n) is 14.2. The minimum absolute atomic E-state index is 0.00966. The Hall–Kier alpha value is -5.09. The van der Waals surface area contributed by atoms with Crippen LogP contribution in [0, 0.1) is 0 Å². The lowest BCUT2D eigenvalue weighted by Gasteiger charge is -2.26. The maximum atomic E-state index is 4.99. The molecule has 196 valence electrons. The van der Waals surface area contributed by atoms with Gasteiger partial charge >= 0.3 is 0 Å². The van der Waals surface area contributed by atoms with Gasteiger partial charge in [-0.2, -0.15) is 4.80 Å². The minimum atomic E-state index is -0.00966. The first-order chi connectivity index (χ1) is 20.1. The molecule has 5 aromatic carbocycles. The summed E-state index contributed by atoms with van der Waals surface area (Å²) in [6.07, 6.45) is 4.72. The van der Waals surface area contributed by atoms with E-state index in [1.54, 1.807) is 11.0 Å². The van der Waals surface area contributed by atoms with Gasteiger partial charge in [-0.15, -0.1) is 10.2 Å². The maximum Gasteiger partial charge on any atom is 0.121 e. The molecule has 0 saturated carbocycles. The fraction of sp³-hybridized carbons (Fsp3) is 0.108. The predicted octanol–water partition coefficient (Wildman–Crippen LogP) is 9.00. The van der Waals surface area contributed by atoms with Gasteiger partial charge in [0.15, 0.2) is 0 Å². The number of hydrogen-bond acceptors (Lipinski definition) is 3. The molecule has 7 aromatic rings. The zero-order chi connectivity index (χ0) is 27.6. The normalized spacial score (nSPS) is 15.8. The van der Waals surface area contributed by atoms with Crippen molar-refractivity contribution in [2.45, 2.75) is 25.7 Å². The van der Waals surface area contributed by atoms with E-state index in [-0.39, 0.29) is 5.41 Å². The van der Waals surface area contributed by atoms with Crippen molar-refractivity contribution in [1.29, 1.82) is 0 Å². The van der Waals surface area contributed by atoms with Crippen LogP contribution in [-0.4, -0.2) is 20.0 Å². The Morgan fingerprint density at radius 1 is 0.634 bits per heavy atom. The number of hydrogen-bond donors (Lipinski definition) is 0. The van der Waals surface area contributed by atoms with E-state index in [1.165, 1.54) is 38.8 Å². The molecule has 0 fully saturated rings. The van der Waals surface area contributed by atoms with E-state index in [0.717, 1.165) is 39.7 Å². The van der Waals surface area contributed by atoms with Gasteiger partial charge in [0.1, 0.15) is 11.0 Å². The second-order valence-corrected chi connectivity index (χ2v) is 11.1. The highest BCUT2D eigenvalue weighted by molar-refractivity contribution is 6.11. The molecule has 1 aliphatic carbocycles. The number of fused-ring (bicyclic) bond motifs is 6. The van der Waals surface area contributed by atoms with Gasteiger partial charge in [0, 0.05) is 28.8 Å². The first-order valence-corrected chi connectivity index (χ1v) is 14.2. The third-order valence-corrected chi connectivity index (χ3v) is 8.91. The highest BCUT2D eigenvalue weighted by Gasteiger charge is 2.37. The van der Waals surface area contributed by atoms with E-state index in [0.29, 0.717) is 0 Å². The van der Waals surface area contributed by atoms with Crippen molar-refractivity contribution >= 4 is 21.8 Å². The number of nitrogens with zero attached hydrogens (tertiary/aromatic N) is 4. The molecule has 2 heterocycles. The fourth-order valence-electron chi connectivity index (χ4n) is 6.57. The van der Waals surface area contributed by atoms with Crippen LogP contribution in [0.5, 0.6) is 0 Å². The molecule has 41 heavy (non-hydrogen) atoms. The van der Waals surface area contributed by atoms with Gasteiger partial charge in [-0.25, -0.2) is 0 Å². The Morgan fingerprint density at radius 3 is 2.29 bits per heavy atom. The molecule has 1 aliphatic rings. The van der Waals surface area contributed by atoms with Crippen LogP contribution in [0.4, 0.5) is 0 Å². The van der Waals surface area contributed by atoms with Crippen molar-refractivity contribution in [2.75, 3.05) is 0 Å². The summed E-state index contributed by atoms with van der Waals surface area (Å²) in [5.41, 5.74) is 12.8. The van der Waals surface area contributed by atoms with Crippen LogP contribution in [0.15, 0.2) is 122 Å². The summed E-state index contributed by atoms with van der Waals surface area (Å²) in [7, 11) is 0. The molecule has 2 aromatic heterocycles. The molecule has 0 bridgehead atoms. The Labute approximate surface area is 238 Å². The van der Waals surface area contributed by atoms with E-state index in [9.17, 15) is 0 Å². The molecular weight excluding hydrogens is 500 g/mol. The van der Waals surface area contributed by atoms with Crippen LogP contribution in [0.1, 0.15) is 31.4 Å². The Balaban J connectivity index is 1.30. The van der Waals surface area contributed by atoms with Gasteiger partial charge in [0.05, 0.1) is 5.69 Å². The van der Waals surface area contributed by atoms with Crippen molar-refractivity contribution in [3.8, 4) is 39.1 Å². The minimum Gasteiger partial charge on any atom is -0.264 e. The van der Waals surface area contributed by atoms with E-state index >= 15 is 0 Å². The molecule has 0 spiro atoms. The SMILES string of the molecule is CCC1(C)c2ccccc2-c2ccc(-c3cc4nn(-c5cccc(-c6cccnc6)c5)nc4c4ccccc34)cc21. The summed E-state index contributed by atoms with van der Waals surface area (Å²) in [5, 5.41) is 12.3. The Bertz CT molecular complexity index is 2110. The summed E-state index contributed by atoms with van der Waals surface area (Å²) in [6.45, 7) is 4.68. The molecule has 4 heteroatoms. The lowest BCUT2D eigenvalue weighted by atomic mass is 9.77. The van der Waals surface area contributed by atoms with Gasteiger partial charge in [-0.05, 0) is 81.1 Å². The molecule has 4 nitrogen and oxygen atoms in total. The van der Waals surface area contributed by atoms with Crippen molar-refractivity contribution < 1.29 is 0 Å². The summed E-state index contributed by atoms with van der Waals surface area (Å²) < 4.78 is 0. The zero-order valence-corrected chi connectivity index (χ0v) is 23.0. The molecular formula is C37H28N4. The van der Waals surface area contributed by atoms with E-state index in [4.69, 9.17) is 10.2 Å². The molecule has 0 radical (unpaired) electrons. The average molecular weight is 529 g/mol. The molecule has 1 unspecified atom stereocenters. The van der Waals surface area contributed by atoms with E-state index in [2.05, 4.69) is 110 Å². The van der Waals surface area contributed by atoms with Gasteiger partial charge in [-0.1, -0.05) is 92.7 Å². The molecule has 0 amide bonds. The standard InChI is InChI=1S/C37H28N4/c1-3-37(2)33-16-7-6-14-29(33)30-18-17-25(21-34(30)37)32-22-35-36(31-15-5-4-13-28(31)32)40-41(39-35)27-12-8-10-24(20-27)26-11-9-19-38-23-26/h4-23H,3H2,1-2H3. The number of aromatic nitrogens is 4. The molecule has 0 N–H and O–H groups in total. The van der Waals surface area contributed by atoms with E-state index in [1.807, 2.05) is 24.4 Å². The van der Waals surface area contributed by atoms with Crippen LogP contribution in [0.25, 0.3) is 60.9 Å². The van der Waals surface area contributed by atoms with E-state index < -0.39 is 0 Å². The van der Waals surface area contributed by atoms with Gasteiger partial charge in [-0.3, -0.25) is 4.98 Å². The van der Waals surface area contributed by atoms with Gasteiger partial charge in [0.25, 0.3) is 0 Å². The topological polar surface area (TPSA) is 43.6 Å².